The zero-order valence-electron chi connectivity index (χ0n) is 15.2. The first kappa shape index (κ1) is 18.8. The number of para-hydroxylation sites is 1. The van der Waals surface area contributed by atoms with E-state index < -0.39 is 0 Å². The number of hydrogen-bond donors (Lipinski definition) is 1. The Bertz CT molecular complexity index is 726. The molecule has 7 heteroatoms. The molecular formula is C19H25N3O3S. The molecule has 1 aliphatic rings. The van der Waals surface area contributed by atoms with Crippen LogP contribution in [-0.2, 0) is 4.79 Å². The van der Waals surface area contributed by atoms with E-state index in [1.165, 1.54) is 24.6 Å². The molecule has 1 amide bonds. The largest absolute Gasteiger partial charge is 0.493 e. The average Bonchev–Trinajstić information content (AvgIpc) is 3.12. The highest BCUT2D eigenvalue weighted by atomic mass is 32.2. The molecule has 1 N–H and O–H groups in total. The average molecular weight is 375 g/mol. The molecule has 0 radical (unpaired) electrons. The number of aromatic nitrogens is 2. The summed E-state index contributed by atoms with van der Waals surface area (Å²) in [6.45, 7) is 4.76. The Hall–Kier alpha value is -2.02. The second-order valence-corrected chi connectivity index (χ2v) is 7.54. The summed E-state index contributed by atoms with van der Waals surface area (Å²) in [5, 5.41) is 11.6. The van der Waals surface area contributed by atoms with E-state index in [4.69, 9.17) is 9.15 Å². The van der Waals surface area contributed by atoms with Crippen molar-refractivity contribution in [1.29, 1.82) is 0 Å². The first-order valence-electron chi connectivity index (χ1n) is 9.13. The number of benzene rings is 1. The topological polar surface area (TPSA) is 77.2 Å². The fraction of sp³-hybridized carbons (Fsp3) is 0.526. The van der Waals surface area contributed by atoms with Crippen LogP contribution in [-0.4, -0.2) is 34.5 Å². The molecule has 0 aliphatic heterocycles. The first-order chi connectivity index (χ1) is 12.7. The highest BCUT2D eigenvalue weighted by Gasteiger charge is 2.20. The fourth-order valence-electron chi connectivity index (χ4n) is 3.10. The number of ether oxygens (including phenoxy) is 1. The number of thioether (sulfide) groups is 1. The number of amides is 1. The minimum Gasteiger partial charge on any atom is -0.493 e. The summed E-state index contributed by atoms with van der Waals surface area (Å²) in [4.78, 5) is 12.1. The number of carbonyl (C=O) groups is 1. The zero-order chi connectivity index (χ0) is 18.4. The van der Waals surface area contributed by atoms with Crippen LogP contribution in [0.1, 0.15) is 39.5 Å². The van der Waals surface area contributed by atoms with Crippen LogP contribution >= 0.6 is 11.8 Å². The molecule has 0 saturated heterocycles. The summed E-state index contributed by atoms with van der Waals surface area (Å²) in [6.07, 6.45) is 4.50. The van der Waals surface area contributed by atoms with Crippen molar-refractivity contribution < 1.29 is 13.9 Å². The quantitative estimate of drug-likeness (QED) is 0.739. The third-order valence-corrected chi connectivity index (χ3v) is 5.35. The van der Waals surface area contributed by atoms with E-state index in [1.807, 2.05) is 31.2 Å². The van der Waals surface area contributed by atoms with Crippen molar-refractivity contribution in [2.45, 2.75) is 50.8 Å². The summed E-state index contributed by atoms with van der Waals surface area (Å²) in [5.74, 6) is 2.18. The molecule has 1 aliphatic carbocycles. The van der Waals surface area contributed by atoms with Gasteiger partial charge in [-0.15, -0.1) is 10.2 Å². The lowest BCUT2D eigenvalue weighted by molar-refractivity contribution is -0.119. The number of nitrogens with zero attached hydrogens (tertiary/aromatic N) is 2. The Morgan fingerprint density at radius 1 is 1.27 bits per heavy atom. The standard InChI is InChI=1S/C19H25N3O3S/c1-3-24-16-7-5-4-6-15(16)18-21-22-19(25-18)26-12-17(23)20-14-10-8-13(2)9-11-14/h4-7,13-14H,3,8-12H2,1-2H3,(H,20,23). The van der Waals surface area contributed by atoms with Gasteiger partial charge in [0.2, 0.25) is 5.91 Å². The normalized spacial score (nSPS) is 19.9. The molecule has 1 aromatic heterocycles. The van der Waals surface area contributed by atoms with Gasteiger partial charge in [0.15, 0.2) is 0 Å². The van der Waals surface area contributed by atoms with E-state index in [0.717, 1.165) is 24.3 Å². The van der Waals surface area contributed by atoms with E-state index in [9.17, 15) is 4.79 Å². The van der Waals surface area contributed by atoms with Crippen LogP contribution in [0.25, 0.3) is 11.5 Å². The van der Waals surface area contributed by atoms with Crippen molar-refractivity contribution >= 4 is 17.7 Å². The lowest BCUT2D eigenvalue weighted by Gasteiger charge is -2.26. The van der Waals surface area contributed by atoms with Crippen molar-refractivity contribution in [3.05, 3.63) is 24.3 Å². The Labute approximate surface area is 158 Å². The maximum atomic E-state index is 12.1. The first-order valence-corrected chi connectivity index (χ1v) is 10.1. The second kappa shape index (κ2) is 9.07. The smallest absolute Gasteiger partial charge is 0.277 e. The van der Waals surface area contributed by atoms with E-state index in [2.05, 4.69) is 22.4 Å². The third kappa shape index (κ3) is 5.00. The van der Waals surface area contributed by atoms with Crippen LogP contribution in [0.5, 0.6) is 5.75 Å². The van der Waals surface area contributed by atoms with Gasteiger partial charge in [-0.1, -0.05) is 30.8 Å². The Morgan fingerprint density at radius 2 is 2.04 bits per heavy atom. The summed E-state index contributed by atoms with van der Waals surface area (Å²) >= 11 is 1.26. The second-order valence-electron chi connectivity index (χ2n) is 6.62. The summed E-state index contributed by atoms with van der Waals surface area (Å²) in [6, 6.07) is 7.85. The van der Waals surface area contributed by atoms with Crippen molar-refractivity contribution in [2.24, 2.45) is 5.92 Å². The molecule has 1 heterocycles. The van der Waals surface area contributed by atoms with Gasteiger partial charge in [0.25, 0.3) is 11.1 Å². The van der Waals surface area contributed by atoms with Crippen LogP contribution in [0.15, 0.2) is 33.9 Å². The molecule has 0 unspecified atom stereocenters. The van der Waals surface area contributed by atoms with Gasteiger partial charge in [-0.3, -0.25) is 4.79 Å². The van der Waals surface area contributed by atoms with Crippen molar-refractivity contribution in [3.8, 4) is 17.2 Å². The number of carbonyl (C=O) groups excluding carboxylic acids is 1. The van der Waals surface area contributed by atoms with Gasteiger partial charge in [0.1, 0.15) is 5.75 Å². The molecule has 1 saturated carbocycles. The predicted octanol–water partition coefficient (Wildman–Crippen LogP) is 3.92. The maximum Gasteiger partial charge on any atom is 0.277 e. The Morgan fingerprint density at radius 3 is 2.81 bits per heavy atom. The van der Waals surface area contributed by atoms with Crippen molar-refractivity contribution in [3.63, 3.8) is 0 Å². The van der Waals surface area contributed by atoms with Crippen molar-refractivity contribution in [1.82, 2.24) is 15.5 Å². The molecular weight excluding hydrogens is 350 g/mol. The van der Waals surface area contributed by atoms with Crippen LogP contribution in [0.4, 0.5) is 0 Å². The summed E-state index contributed by atoms with van der Waals surface area (Å²) < 4.78 is 11.3. The maximum absolute atomic E-state index is 12.1. The molecule has 26 heavy (non-hydrogen) atoms. The lowest BCUT2D eigenvalue weighted by atomic mass is 9.87. The minimum absolute atomic E-state index is 0.0176. The van der Waals surface area contributed by atoms with Crippen LogP contribution < -0.4 is 10.1 Å². The lowest BCUT2D eigenvalue weighted by Crippen LogP contribution is -2.38. The van der Waals surface area contributed by atoms with Gasteiger partial charge < -0.3 is 14.5 Å². The van der Waals surface area contributed by atoms with Gasteiger partial charge >= 0.3 is 0 Å². The SMILES string of the molecule is CCOc1ccccc1-c1nnc(SCC(=O)NC2CCC(C)CC2)o1. The predicted molar refractivity (Wildman–Crippen MR) is 101 cm³/mol. The van der Waals surface area contributed by atoms with Gasteiger partial charge in [-0.05, 0) is 50.7 Å². The van der Waals surface area contributed by atoms with Crippen LogP contribution in [0.3, 0.4) is 0 Å². The molecule has 0 bridgehead atoms. The minimum atomic E-state index is 0.0176. The number of hydrogen-bond acceptors (Lipinski definition) is 6. The molecule has 6 nitrogen and oxygen atoms in total. The van der Waals surface area contributed by atoms with E-state index in [0.29, 0.717) is 29.5 Å². The molecule has 1 aromatic carbocycles. The van der Waals surface area contributed by atoms with Gasteiger partial charge in [0, 0.05) is 6.04 Å². The van der Waals surface area contributed by atoms with Gasteiger partial charge in [0.05, 0.1) is 17.9 Å². The third-order valence-electron chi connectivity index (χ3n) is 4.53. The van der Waals surface area contributed by atoms with E-state index in [-0.39, 0.29) is 11.7 Å². The molecule has 2 aromatic rings. The molecule has 140 valence electrons. The molecule has 3 rings (SSSR count). The van der Waals surface area contributed by atoms with Gasteiger partial charge in [-0.2, -0.15) is 0 Å². The Kier molecular flexibility index (Phi) is 6.55. The molecule has 0 spiro atoms. The molecule has 0 atom stereocenters. The number of nitrogens with one attached hydrogen (secondary N) is 1. The Balaban J connectivity index is 1.53. The van der Waals surface area contributed by atoms with Crippen LogP contribution in [0.2, 0.25) is 0 Å². The van der Waals surface area contributed by atoms with E-state index >= 15 is 0 Å². The van der Waals surface area contributed by atoms with E-state index in [1.54, 1.807) is 0 Å². The highest BCUT2D eigenvalue weighted by molar-refractivity contribution is 7.99. The number of rotatable bonds is 7. The van der Waals surface area contributed by atoms with Gasteiger partial charge in [-0.25, -0.2) is 0 Å². The molecule has 1 fully saturated rings. The van der Waals surface area contributed by atoms with Crippen LogP contribution in [0, 0.1) is 5.92 Å². The summed E-state index contributed by atoms with van der Waals surface area (Å²) in [5.41, 5.74) is 0.759. The zero-order valence-corrected chi connectivity index (χ0v) is 16.1. The fourth-order valence-corrected chi connectivity index (χ4v) is 3.68. The summed E-state index contributed by atoms with van der Waals surface area (Å²) in [7, 11) is 0. The highest BCUT2D eigenvalue weighted by Crippen LogP contribution is 2.30. The monoisotopic (exact) mass is 375 g/mol. The van der Waals surface area contributed by atoms with Crippen molar-refractivity contribution in [2.75, 3.05) is 12.4 Å².